The summed E-state index contributed by atoms with van der Waals surface area (Å²) in [7, 11) is -2.48. The van der Waals surface area contributed by atoms with Crippen LogP contribution >= 0.6 is 0 Å². The Balaban J connectivity index is 0.00000323. The van der Waals surface area contributed by atoms with Crippen LogP contribution in [0.15, 0.2) is 93.5 Å². The zero-order valence-corrected chi connectivity index (χ0v) is 32.2. The Morgan fingerprint density at radius 3 is 1.14 bits per heavy atom. The van der Waals surface area contributed by atoms with Gasteiger partial charge in [0, 0.05) is 0 Å². The van der Waals surface area contributed by atoms with Crippen molar-refractivity contribution < 1.29 is 57.7 Å². The predicted molar refractivity (Wildman–Crippen MR) is 179 cm³/mol. The molecule has 0 amide bonds. The molecule has 0 aromatic heterocycles. The minimum Gasteiger partial charge on any atom is -1.00 e. The van der Waals surface area contributed by atoms with Crippen LogP contribution in [0.4, 0.5) is 0 Å². The maximum absolute atomic E-state index is 2.53. The Morgan fingerprint density at radius 2 is 0.818 bits per heavy atom. The average molecular weight is 702 g/mol. The molecular formula is C39H51Cl3SiTi. The smallest absolute Gasteiger partial charge is 1.00 e. The number of allylic oxidation sites excluding steroid dienone is 4. The molecule has 1 aliphatic rings. The summed E-state index contributed by atoms with van der Waals surface area (Å²) in [4.78, 5) is 0. The van der Waals surface area contributed by atoms with Crippen molar-refractivity contribution in [2.75, 3.05) is 0 Å². The molecule has 5 heteroatoms. The monoisotopic (exact) mass is 700 g/mol. The number of unbranched alkanes of at least 4 members (excludes halogenated alkanes) is 4. The fraction of sp³-hybridized carbons (Fsp3) is 0.436. The Bertz CT molecular complexity index is 1170. The summed E-state index contributed by atoms with van der Waals surface area (Å²) < 4.78 is 1.52. The SMILES string of the molecule is CCCCC1=C([Si](c2ccc(CCCC)cc2)(c2ccc(CCCC)cc2)c2ccc(CCCC)cc2)CC=[C]1[Ti+3].[Cl-].[Cl-].[Cl-]. The maximum Gasteiger partial charge on any atom is -1.00 e. The summed E-state index contributed by atoms with van der Waals surface area (Å²) in [6, 6.07) is 29.8. The van der Waals surface area contributed by atoms with Crippen molar-refractivity contribution in [1.82, 2.24) is 0 Å². The van der Waals surface area contributed by atoms with Crippen molar-refractivity contribution in [1.29, 1.82) is 0 Å². The van der Waals surface area contributed by atoms with Gasteiger partial charge in [0.1, 0.15) is 0 Å². The second-order valence-electron chi connectivity index (χ2n) is 12.0. The van der Waals surface area contributed by atoms with E-state index < -0.39 is 8.07 Å². The Hall–Kier alpha value is -1.06. The van der Waals surface area contributed by atoms with Gasteiger partial charge in [-0.1, -0.05) is 0 Å². The predicted octanol–water partition coefficient (Wildman–Crippen LogP) is 0.0570. The minimum absolute atomic E-state index is 0. The van der Waals surface area contributed by atoms with Crippen LogP contribution in [-0.2, 0) is 39.7 Å². The summed E-state index contributed by atoms with van der Waals surface area (Å²) in [6.07, 6.45) is 18.3. The van der Waals surface area contributed by atoms with Crippen LogP contribution in [-0.4, -0.2) is 8.07 Å². The van der Waals surface area contributed by atoms with E-state index in [0.29, 0.717) is 0 Å². The third-order valence-corrected chi connectivity index (χ3v) is 14.8. The number of hydrogen-bond acceptors (Lipinski definition) is 0. The molecule has 0 nitrogen and oxygen atoms in total. The van der Waals surface area contributed by atoms with Crippen molar-refractivity contribution in [2.45, 2.75) is 111 Å². The quantitative estimate of drug-likeness (QED) is 0.147. The summed E-state index contributed by atoms with van der Waals surface area (Å²) in [5.74, 6) is 0. The van der Waals surface area contributed by atoms with Gasteiger partial charge in [0.25, 0.3) is 0 Å². The van der Waals surface area contributed by atoms with Crippen LogP contribution in [0.3, 0.4) is 0 Å². The van der Waals surface area contributed by atoms with Crippen LogP contribution in [0.2, 0.25) is 0 Å². The zero-order valence-electron chi connectivity index (χ0n) is 27.3. The van der Waals surface area contributed by atoms with Crippen LogP contribution in [0.25, 0.3) is 0 Å². The number of hydrogen-bond donors (Lipinski definition) is 0. The molecule has 44 heavy (non-hydrogen) atoms. The van der Waals surface area contributed by atoms with Crippen molar-refractivity contribution in [3.8, 4) is 0 Å². The number of benzene rings is 3. The minimum atomic E-state index is -2.48. The van der Waals surface area contributed by atoms with E-state index in [-0.39, 0.29) is 37.2 Å². The molecule has 0 heterocycles. The van der Waals surface area contributed by atoms with Crippen LogP contribution in [0.5, 0.6) is 0 Å². The number of aryl methyl sites for hydroxylation is 3. The third-order valence-electron chi connectivity index (χ3n) is 9.05. The molecule has 236 valence electrons. The molecule has 0 aliphatic heterocycles. The normalized spacial score (nSPS) is 12.7. The van der Waals surface area contributed by atoms with E-state index in [9.17, 15) is 0 Å². The van der Waals surface area contributed by atoms with Gasteiger partial charge in [-0.15, -0.1) is 0 Å². The molecule has 0 saturated carbocycles. The fourth-order valence-electron chi connectivity index (χ4n) is 6.56. The van der Waals surface area contributed by atoms with Crippen molar-refractivity contribution in [2.24, 2.45) is 0 Å². The van der Waals surface area contributed by atoms with E-state index in [1.807, 2.05) is 0 Å². The molecule has 0 bridgehead atoms. The van der Waals surface area contributed by atoms with E-state index in [0.717, 1.165) is 6.42 Å². The topological polar surface area (TPSA) is 0 Å². The van der Waals surface area contributed by atoms with Crippen molar-refractivity contribution >= 4 is 23.6 Å². The Morgan fingerprint density at radius 1 is 0.500 bits per heavy atom. The molecule has 0 fully saturated rings. The largest absolute Gasteiger partial charge is 1.00 e. The summed E-state index contributed by atoms with van der Waals surface area (Å²) >= 11 is 2.37. The van der Waals surface area contributed by atoms with Crippen molar-refractivity contribution in [3.63, 3.8) is 0 Å². The standard InChI is InChI=1S/C39H51Si.3ClH.Ti/c1-5-9-14-32-20-26-36(27-21-32)40(39-19-13-18-35(39)17-12-8-4,37-28-22-33(23-29-37)15-10-6-2)38-30-24-34(25-31-38)16-11-7-3;;;;/h13,20-31H,5-12,14-17,19H2,1-4H3;3*1H;/q;;;;+3/p-3. The first-order valence-corrected chi connectivity index (χ1v) is 19.3. The average Bonchev–Trinajstić information content (AvgIpc) is 3.38. The first kappa shape index (κ1) is 41.0. The molecule has 0 unspecified atom stereocenters. The van der Waals surface area contributed by atoms with Gasteiger partial charge in [0.2, 0.25) is 0 Å². The van der Waals surface area contributed by atoms with E-state index in [1.54, 1.807) is 26.3 Å². The van der Waals surface area contributed by atoms with Gasteiger partial charge in [-0.05, 0) is 0 Å². The molecule has 0 atom stereocenters. The van der Waals surface area contributed by atoms with Gasteiger partial charge in [-0.25, -0.2) is 0 Å². The van der Waals surface area contributed by atoms with E-state index in [2.05, 4.69) is 127 Å². The van der Waals surface area contributed by atoms with E-state index >= 15 is 0 Å². The van der Waals surface area contributed by atoms with Gasteiger partial charge in [-0.2, -0.15) is 0 Å². The summed E-state index contributed by atoms with van der Waals surface area (Å²) in [5, 5.41) is 6.37. The fourth-order valence-corrected chi connectivity index (χ4v) is 12.5. The second kappa shape index (κ2) is 20.9. The first-order valence-electron chi connectivity index (χ1n) is 16.5. The van der Waals surface area contributed by atoms with Crippen LogP contribution < -0.4 is 52.8 Å². The van der Waals surface area contributed by atoms with E-state index in [1.165, 1.54) is 97.6 Å². The molecule has 0 radical (unpaired) electrons. The molecule has 3 aromatic rings. The van der Waals surface area contributed by atoms with Gasteiger partial charge in [-0.3, -0.25) is 0 Å². The zero-order chi connectivity index (χ0) is 29.1. The summed E-state index contributed by atoms with van der Waals surface area (Å²) in [5.41, 5.74) is 6.08. The Kier molecular flexibility index (Phi) is 19.5. The van der Waals surface area contributed by atoms with Crippen LogP contribution in [0, 0.1) is 0 Å². The molecule has 0 N–H and O–H groups in total. The number of halogens is 3. The van der Waals surface area contributed by atoms with Gasteiger partial charge >= 0.3 is 265 Å². The van der Waals surface area contributed by atoms with E-state index in [4.69, 9.17) is 0 Å². The van der Waals surface area contributed by atoms with Crippen LogP contribution in [0.1, 0.15) is 109 Å². The molecule has 4 rings (SSSR count). The van der Waals surface area contributed by atoms with Gasteiger partial charge in [0.05, 0.1) is 0 Å². The summed E-state index contributed by atoms with van der Waals surface area (Å²) in [6.45, 7) is 9.21. The van der Waals surface area contributed by atoms with Gasteiger partial charge in [0.15, 0.2) is 0 Å². The number of rotatable bonds is 16. The Labute approximate surface area is 300 Å². The second-order valence-corrected chi connectivity index (χ2v) is 16.7. The first-order chi connectivity index (χ1) is 20.1. The van der Waals surface area contributed by atoms with Crippen molar-refractivity contribution in [3.05, 3.63) is 110 Å². The molecule has 0 saturated heterocycles. The molecule has 0 spiro atoms. The maximum atomic E-state index is 2.53. The molecule has 3 aromatic carbocycles. The molecule has 1 aliphatic carbocycles. The van der Waals surface area contributed by atoms with Gasteiger partial charge < -0.3 is 37.2 Å². The molecular weight excluding hydrogens is 651 g/mol. The third kappa shape index (κ3) is 9.73.